The van der Waals surface area contributed by atoms with Crippen molar-refractivity contribution in [2.75, 3.05) is 14.1 Å². The van der Waals surface area contributed by atoms with E-state index in [0.717, 1.165) is 0 Å². The number of likely N-dealkylation sites (N-methyl/N-ethyl adjacent to an activating group) is 2. The molecule has 0 bridgehead atoms. The van der Waals surface area contributed by atoms with Crippen molar-refractivity contribution in [3.05, 3.63) is 12.3 Å². The SMILES string of the molecule is C=C(NC)C(=O)NC. The van der Waals surface area contributed by atoms with Crippen molar-refractivity contribution in [1.82, 2.24) is 10.6 Å². The molecule has 0 heterocycles. The Labute approximate surface area is 48.8 Å². The first-order chi connectivity index (χ1) is 3.72. The topological polar surface area (TPSA) is 41.1 Å². The molecule has 0 fully saturated rings. The van der Waals surface area contributed by atoms with E-state index in [-0.39, 0.29) is 5.91 Å². The Morgan fingerprint density at radius 1 is 1.38 bits per heavy atom. The molecule has 0 aromatic carbocycles. The molecular formula is C5H10N2O. The Balaban J connectivity index is 3.64. The molecule has 8 heavy (non-hydrogen) atoms. The van der Waals surface area contributed by atoms with Gasteiger partial charge in [-0.25, -0.2) is 0 Å². The molecule has 0 saturated heterocycles. The summed E-state index contributed by atoms with van der Waals surface area (Å²) in [4.78, 5) is 10.5. The maximum Gasteiger partial charge on any atom is 0.266 e. The molecule has 0 rings (SSSR count). The van der Waals surface area contributed by atoms with Gasteiger partial charge in [0.05, 0.1) is 5.70 Å². The standard InChI is InChI=1S/C5H10N2O/c1-4(6-2)5(8)7-3/h6H,1H2,2-3H3,(H,7,8). The number of nitrogens with one attached hydrogen (secondary N) is 2. The van der Waals surface area contributed by atoms with Crippen molar-refractivity contribution in [3.8, 4) is 0 Å². The highest BCUT2D eigenvalue weighted by molar-refractivity contribution is 5.91. The van der Waals surface area contributed by atoms with Crippen LogP contribution in [0.5, 0.6) is 0 Å². The van der Waals surface area contributed by atoms with Gasteiger partial charge in [-0.05, 0) is 0 Å². The molecule has 0 saturated carbocycles. The van der Waals surface area contributed by atoms with E-state index < -0.39 is 0 Å². The molecule has 0 aromatic heterocycles. The van der Waals surface area contributed by atoms with Gasteiger partial charge in [0, 0.05) is 14.1 Å². The zero-order valence-electron chi connectivity index (χ0n) is 5.12. The predicted molar refractivity (Wildman–Crippen MR) is 32.3 cm³/mol. The third-order valence-electron chi connectivity index (χ3n) is 0.803. The van der Waals surface area contributed by atoms with Gasteiger partial charge in [0.1, 0.15) is 0 Å². The molecule has 0 aliphatic carbocycles. The average molecular weight is 114 g/mol. The summed E-state index contributed by atoms with van der Waals surface area (Å²) in [6, 6.07) is 0. The van der Waals surface area contributed by atoms with Crippen LogP contribution in [0.25, 0.3) is 0 Å². The highest BCUT2D eigenvalue weighted by Gasteiger charge is 1.97. The summed E-state index contributed by atoms with van der Waals surface area (Å²) >= 11 is 0. The number of carbonyl (C=O) groups is 1. The minimum Gasteiger partial charge on any atom is -0.384 e. The largest absolute Gasteiger partial charge is 0.384 e. The van der Waals surface area contributed by atoms with E-state index in [1.54, 1.807) is 14.1 Å². The molecule has 0 unspecified atom stereocenters. The summed E-state index contributed by atoms with van der Waals surface area (Å²) in [6.07, 6.45) is 0. The number of hydrogen-bond acceptors (Lipinski definition) is 2. The molecule has 2 N–H and O–H groups in total. The van der Waals surface area contributed by atoms with Gasteiger partial charge in [-0.15, -0.1) is 0 Å². The first-order valence-corrected chi connectivity index (χ1v) is 2.31. The van der Waals surface area contributed by atoms with Crippen LogP contribution < -0.4 is 10.6 Å². The first-order valence-electron chi connectivity index (χ1n) is 2.31. The van der Waals surface area contributed by atoms with E-state index in [0.29, 0.717) is 5.70 Å². The van der Waals surface area contributed by atoms with E-state index >= 15 is 0 Å². The minimum atomic E-state index is -0.174. The zero-order valence-corrected chi connectivity index (χ0v) is 5.12. The fraction of sp³-hybridized carbons (Fsp3) is 0.400. The lowest BCUT2D eigenvalue weighted by Crippen LogP contribution is -2.25. The molecular weight excluding hydrogens is 104 g/mol. The van der Waals surface area contributed by atoms with E-state index in [2.05, 4.69) is 17.2 Å². The van der Waals surface area contributed by atoms with Gasteiger partial charge in [0.15, 0.2) is 0 Å². The molecule has 46 valence electrons. The molecule has 0 aliphatic heterocycles. The summed E-state index contributed by atoms with van der Waals surface area (Å²) < 4.78 is 0. The maximum atomic E-state index is 10.5. The summed E-state index contributed by atoms with van der Waals surface area (Å²) in [6.45, 7) is 3.42. The highest BCUT2D eigenvalue weighted by atomic mass is 16.1. The Bertz CT molecular complexity index is 95.0. The predicted octanol–water partition coefficient (Wildman–Crippen LogP) is -0.535. The first kappa shape index (κ1) is 7.01. The van der Waals surface area contributed by atoms with Crippen LogP contribution in [-0.4, -0.2) is 20.0 Å². The van der Waals surface area contributed by atoms with Crippen LogP contribution in [0.4, 0.5) is 0 Å². The number of rotatable bonds is 2. The van der Waals surface area contributed by atoms with Gasteiger partial charge in [-0.1, -0.05) is 6.58 Å². The van der Waals surface area contributed by atoms with Crippen molar-refractivity contribution in [1.29, 1.82) is 0 Å². The number of amides is 1. The average Bonchev–Trinajstić information content (AvgIpc) is 1.84. The van der Waals surface area contributed by atoms with Gasteiger partial charge in [-0.2, -0.15) is 0 Å². The summed E-state index contributed by atoms with van der Waals surface area (Å²) in [5, 5.41) is 5.02. The molecule has 0 atom stereocenters. The van der Waals surface area contributed by atoms with E-state index in [1.165, 1.54) is 0 Å². The van der Waals surface area contributed by atoms with Crippen molar-refractivity contribution in [2.24, 2.45) is 0 Å². The van der Waals surface area contributed by atoms with Gasteiger partial charge in [0.2, 0.25) is 0 Å². The van der Waals surface area contributed by atoms with Crippen molar-refractivity contribution in [3.63, 3.8) is 0 Å². The maximum absolute atomic E-state index is 10.5. The van der Waals surface area contributed by atoms with E-state index in [1.807, 2.05) is 0 Å². The lowest BCUT2D eigenvalue weighted by molar-refractivity contribution is -0.117. The van der Waals surface area contributed by atoms with Crippen molar-refractivity contribution < 1.29 is 4.79 Å². The second-order valence-corrected chi connectivity index (χ2v) is 1.31. The fourth-order valence-corrected chi connectivity index (χ4v) is 0.264. The molecule has 0 aliphatic rings. The van der Waals surface area contributed by atoms with Crippen LogP contribution in [0.3, 0.4) is 0 Å². The molecule has 0 aromatic rings. The van der Waals surface area contributed by atoms with Crippen molar-refractivity contribution in [2.45, 2.75) is 0 Å². The van der Waals surface area contributed by atoms with Gasteiger partial charge in [-0.3, -0.25) is 4.79 Å². The third-order valence-corrected chi connectivity index (χ3v) is 0.803. The minimum absolute atomic E-state index is 0.174. The van der Waals surface area contributed by atoms with E-state index in [9.17, 15) is 4.79 Å². The Hall–Kier alpha value is -0.990. The second-order valence-electron chi connectivity index (χ2n) is 1.31. The van der Waals surface area contributed by atoms with Crippen LogP contribution in [0.15, 0.2) is 12.3 Å². The molecule has 0 radical (unpaired) electrons. The number of hydrogen-bond donors (Lipinski definition) is 2. The van der Waals surface area contributed by atoms with Crippen LogP contribution in [0, 0.1) is 0 Å². The van der Waals surface area contributed by atoms with Crippen LogP contribution in [0.1, 0.15) is 0 Å². The normalized spacial score (nSPS) is 7.75. The van der Waals surface area contributed by atoms with Gasteiger partial charge in [0.25, 0.3) is 5.91 Å². The highest BCUT2D eigenvalue weighted by Crippen LogP contribution is 1.77. The molecule has 3 nitrogen and oxygen atoms in total. The smallest absolute Gasteiger partial charge is 0.266 e. The lowest BCUT2D eigenvalue weighted by Gasteiger charge is -1.99. The molecule has 0 spiro atoms. The Morgan fingerprint density at radius 3 is 2.00 bits per heavy atom. The lowest BCUT2D eigenvalue weighted by atomic mass is 10.5. The van der Waals surface area contributed by atoms with E-state index in [4.69, 9.17) is 0 Å². The number of carbonyl (C=O) groups excluding carboxylic acids is 1. The van der Waals surface area contributed by atoms with Gasteiger partial charge >= 0.3 is 0 Å². The summed E-state index contributed by atoms with van der Waals surface area (Å²) in [5.41, 5.74) is 0.382. The van der Waals surface area contributed by atoms with Crippen LogP contribution in [-0.2, 0) is 4.79 Å². The third kappa shape index (κ3) is 1.64. The Morgan fingerprint density at radius 2 is 1.88 bits per heavy atom. The quantitative estimate of drug-likeness (QED) is 0.474. The zero-order chi connectivity index (χ0) is 6.57. The Kier molecular flexibility index (Phi) is 2.69. The monoisotopic (exact) mass is 114 g/mol. The van der Waals surface area contributed by atoms with Gasteiger partial charge < -0.3 is 10.6 Å². The molecule has 1 amide bonds. The summed E-state index contributed by atoms with van der Waals surface area (Å²) in [5.74, 6) is -0.174. The fourth-order valence-electron chi connectivity index (χ4n) is 0.264. The second kappa shape index (κ2) is 3.07. The van der Waals surface area contributed by atoms with Crippen LogP contribution in [0.2, 0.25) is 0 Å². The summed E-state index contributed by atoms with van der Waals surface area (Å²) in [7, 11) is 3.21. The van der Waals surface area contributed by atoms with Crippen LogP contribution >= 0.6 is 0 Å². The van der Waals surface area contributed by atoms with Crippen molar-refractivity contribution >= 4 is 5.91 Å². The molecule has 3 heteroatoms.